The molecule has 1 N–H and O–H groups in total. The van der Waals surface area contributed by atoms with E-state index < -0.39 is 0 Å². The summed E-state index contributed by atoms with van der Waals surface area (Å²) in [7, 11) is 0. The first-order chi connectivity index (χ1) is 13.2. The van der Waals surface area contributed by atoms with Gasteiger partial charge in [-0.25, -0.2) is 4.98 Å². The van der Waals surface area contributed by atoms with Gasteiger partial charge in [0.05, 0.1) is 18.2 Å². The Kier molecular flexibility index (Phi) is 4.71. The smallest absolute Gasteiger partial charge is 0.254 e. The second-order valence-corrected chi connectivity index (χ2v) is 7.58. The van der Waals surface area contributed by atoms with Gasteiger partial charge in [-0.15, -0.1) is 0 Å². The van der Waals surface area contributed by atoms with Crippen LogP contribution in [0.1, 0.15) is 47.9 Å². The standard InChI is InChI=1S/C21H25N5O/c1-2-25-12-11-24-19(25)15-26(18-13-21(18)7-9-23-10-8-21)20(27)17-5-3-16(14-22)4-6-17/h3-6,11-12,18,23H,2,7-10,13,15H2,1H3. The van der Waals surface area contributed by atoms with Crippen molar-refractivity contribution < 1.29 is 4.79 Å². The molecule has 2 heterocycles. The number of hydrogen-bond acceptors (Lipinski definition) is 4. The third-order valence-electron chi connectivity index (χ3n) is 6.10. The molecule has 2 aromatic rings. The van der Waals surface area contributed by atoms with Crippen molar-refractivity contribution in [1.29, 1.82) is 5.26 Å². The Bertz CT molecular complexity index is 857. The number of piperidine rings is 1. The van der Waals surface area contributed by atoms with Crippen LogP contribution in [0.5, 0.6) is 0 Å². The zero-order valence-electron chi connectivity index (χ0n) is 15.7. The van der Waals surface area contributed by atoms with E-state index >= 15 is 0 Å². The van der Waals surface area contributed by atoms with E-state index in [-0.39, 0.29) is 17.4 Å². The van der Waals surface area contributed by atoms with Crippen LogP contribution < -0.4 is 5.32 Å². The van der Waals surface area contributed by atoms with E-state index in [1.807, 2.05) is 11.1 Å². The van der Waals surface area contributed by atoms with Crippen LogP contribution in [0.25, 0.3) is 0 Å². The maximum Gasteiger partial charge on any atom is 0.254 e. The molecule has 1 aliphatic heterocycles. The van der Waals surface area contributed by atoms with Gasteiger partial charge >= 0.3 is 0 Å². The zero-order valence-corrected chi connectivity index (χ0v) is 15.7. The predicted molar refractivity (Wildman–Crippen MR) is 102 cm³/mol. The maximum atomic E-state index is 13.4. The van der Waals surface area contributed by atoms with Crippen LogP contribution in [0.2, 0.25) is 0 Å². The molecule has 1 amide bonds. The summed E-state index contributed by atoms with van der Waals surface area (Å²) < 4.78 is 2.09. The van der Waals surface area contributed by atoms with E-state index in [4.69, 9.17) is 5.26 Å². The van der Waals surface area contributed by atoms with Gasteiger partial charge in [-0.05, 0) is 69.0 Å². The Hall–Kier alpha value is -2.65. The van der Waals surface area contributed by atoms with Crippen molar-refractivity contribution in [3.8, 4) is 6.07 Å². The fourth-order valence-electron chi connectivity index (χ4n) is 4.34. The number of carbonyl (C=O) groups is 1. The van der Waals surface area contributed by atoms with Crippen molar-refractivity contribution in [2.24, 2.45) is 5.41 Å². The van der Waals surface area contributed by atoms with E-state index in [9.17, 15) is 4.79 Å². The Morgan fingerprint density at radius 1 is 1.37 bits per heavy atom. The number of nitrogens with one attached hydrogen (secondary N) is 1. The van der Waals surface area contributed by atoms with Gasteiger partial charge in [-0.3, -0.25) is 4.79 Å². The highest BCUT2D eigenvalue weighted by atomic mass is 16.2. The van der Waals surface area contributed by atoms with E-state index in [1.165, 1.54) is 0 Å². The highest BCUT2D eigenvalue weighted by Crippen LogP contribution is 2.56. The minimum absolute atomic E-state index is 0.0329. The third-order valence-corrected chi connectivity index (χ3v) is 6.10. The summed E-state index contributed by atoms with van der Waals surface area (Å²) in [5.41, 5.74) is 1.47. The highest BCUT2D eigenvalue weighted by Gasteiger charge is 2.57. The first-order valence-corrected chi connectivity index (χ1v) is 9.69. The number of rotatable bonds is 5. The summed E-state index contributed by atoms with van der Waals surface area (Å²) >= 11 is 0. The molecule has 2 fully saturated rings. The second-order valence-electron chi connectivity index (χ2n) is 7.58. The molecular weight excluding hydrogens is 338 g/mol. The predicted octanol–water partition coefficient (Wildman–Crippen LogP) is 2.56. The van der Waals surface area contributed by atoms with Crippen LogP contribution in [0.4, 0.5) is 0 Å². The summed E-state index contributed by atoms with van der Waals surface area (Å²) in [5, 5.41) is 12.4. The Morgan fingerprint density at radius 3 is 2.78 bits per heavy atom. The molecule has 1 unspecified atom stereocenters. The molecular formula is C21H25N5O. The fraction of sp³-hybridized carbons (Fsp3) is 0.476. The molecule has 2 aliphatic rings. The zero-order chi connectivity index (χ0) is 18.9. The van der Waals surface area contributed by atoms with E-state index in [1.54, 1.807) is 30.5 Å². The summed E-state index contributed by atoms with van der Waals surface area (Å²) in [6.45, 7) is 5.51. The monoisotopic (exact) mass is 363 g/mol. The molecule has 1 aliphatic carbocycles. The molecule has 4 rings (SSSR count). The largest absolute Gasteiger partial charge is 0.334 e. The maximum absolute atomic E-state index is 13.4. The van der Waals surface area contributed by atoms with Crippen molar-refractivity contribution in [3.63, 3.8) is 0 Å². The molecule has 1 saturated carbocycles. The lowest BCUT2D eigenvalue weighted by molar-refractivity contribution is 0.0685. The molecule has 0 bridgehead atoms. The Labute approximate surface area is 159 Å². The Balaban J connectivity index is 1.61. The first-order valence-electron chi connectivity index (χ1n) is 9.69. The molecule has 1 saturated heterocycles. The molecule has 6 nitrogen and oxygen atoms in total. The van der Waals surface area contributed by atoms with Gasteiger partial charge in [0.1, 0.15) is 5.82 Å². The van der Waals surface area contributed by atoms with Crippen LogP contribution in [-0.2, 0) is 13.1 Å². The van der Waals surface area contributed by atoms with E-state index in [2.05, 4.69) is 27.9 Å². The summed E-state index contributed by atoms with van der Waals surface area (Å²) in [6, 6.07) is 9.33. The molecule has 27 heavy (non-hydrogen) atoms. The highest BCUT2D eigenvalue weighted by molar-refractivity contribution is 5.94. The number of nitriles is 1. The number of aromatic nitrogens is 2. The molecule has 1 spiro atoms. The molecule has 1 aromatic carbocycles. The Morgan fingerprint density at radius 2 is 2.11 bits per heavy atom. The topological polar surface area (TPSA) is 74.0 Å². The number of amides is 1. The number of benzene rings is 1. The van der Waals surface area contributed by atoms with Gasteiger partial charge in [-0.1, -0.05) is 0 Å². The average molecular weight is 363 g/mol. The lowest BCUT2D eigenvalue weighted by atomic mass is 9.93. The van der Waals surface area contributed by atoms with E-state index in [0.717, 1.165) is 44.7 Å². The van der Waals surface area contributed by atoms with Crippen LogP contribution >= 0.6 is 0 Å². The van der Waals surface area contributed by atoms with Crippen LogP contribution in [0.3, 0.4) is 0 Å². The first kappa shape index (κ1) is 17.7. The van der Waals surface area contributed by atoms with Gasteiger partial charge in [-0.2, -0.15) is 5.26 Å². The van der Waals surface area contributed by atoms with Crippen molar-refractivity contribution in [2.75, 3.05) is 13.1 Å². The van der Waals surface area contributed by atoms with Crippen LogP contribution in [0, 0.1) is 16.7 Å². The lowest BCUT2D eigenvalue weighted by Crippen LogP contribution is -2.39. The fourth-order valence-corrected chi connectivity index (χ4v) is 4.34. The number of nitrogens with zero attached hydrogens (tertiary/aromatic N) is 4. The van der Waals surface area contributed by atoms with Gasteiger partial charge in [0.2, 0.25) is 0 Å². The van der Waals surface area contributed by atoms with E-state index in [0.29, 0.717) is 17.7 Å². The van der Waals surface area contributed by atoms with Crippen molar-refractivity contribution in [3.05, 3.63) is 53.6 Å². The van der Waals surface area contributed by atoms with Gasteiger partial charge in [0, 0.05) is 30.5 Å². The summed E-state index contributed by atoms with van der Waals surface area (Å²) in [6.07, 6.45) is 7.08. The molecule has 1 atom stereocenters. The van der Waals surface area contributed by atoms with Crippen LogP contribution in [-0.4, -0.2) is 39.5 Å². The third kappa shape index (κ3) is 3.35. The minimum atomic E-state index is 0.0329. The molecule has 6 heteroatoms. The van der Waals surface area contributed by atoms with Gasteiger partial charge < -0.3 is 14.8 Å². The second kappa shape index (κ2) is 7.16. The number of carbonyl (C=O) groups excluding carboxylic acids is 1. The molecule has 140 valence electrons. The van der Waals surface area contributed by atoms with Crippen molar-refractivity contribution in [1.82, 2.24) is 19.8 Å². The van der Waals surface area contributed by atoms with Gasteiger partial charge in [0.25, 0.3) is 5.91 Å². The summed E-state index contributed by atoms with van der Waals surface area (Å²) in [4.78, 5) is 19.9. The average Bonchev–Trinajstić information content (AvgIpc) is 3.19. The lowest BCUT2D eigenvalue weighted by Gasteiger charge is -2.29. The van der Waals surface area contributed by atoms with Gasteiger partial charge in [0.15, 0.2) is 0 Å². The quantitative estimate of drug-likeness (QED) is 0.886. The summed E-state index contributed by atoms with van der Waals surface area (Å²) in [5.74, 6) is 0.959. The van der Waals surface area contributed by atoms with Crippen molar-refractivity contribution in [2.45, 2.75) is 45.3 Å². The van der Waals surface area contributed by atoms with Crippen LogP contribution in [0.15, 0.2) is 36.7 Å². The number of hydrogen-bond donors (Lipinski definition) is 1. The normalized spacial score (nSPS) is 20.2. The minimum Gasteiger partial charge on any atom is -0.334 e. The number of aryl methyl sites for hydroxylation is 1. The SMILES string of the molecule is CCn1ccnc1CN(C(=O)c1ccc(C#N)cc1)C1CC12CCNCC2. The molecule has 1 aromatic heterocycles. The number of imidazole rings is 1. The molecule has 0 radical (unpaired) electrons. The van der Waals surface area contributed by atoms with Crippen molar-refractivity contribution >= 4 is 5.91 Å².